The number of ether oxygens (including phenoxy) is 1. The summed E-state index contributed by atoms with van der Waals surface area (Å²) in [4.78, 5) is 24.5. The molecule has 0 radical (unpaired) electrons. The van der Waals surface area contributed by atoms with Gasteiger partial charge in [0.25, 0.3) is 0 Å². The number of carbonyl (C=O) groups excluding carboxylic acids is 2. The average molecular weight is 283 g/mol. The summed E-state index contributed by atoms with van der Waals surface area (Å²) >= 11 is 0. The molecule has 0 heterocycles. The minimum absolute atomic E-state index is 0.0314. The fourth-order valence-electron chi connectivity index (χ4n) is 3.28. The van der Waals surface area contributed by atoms with Gasteiger partial charge in [-0.05, 0) is 31.1 Å². The van der Waals surface area contributed by atoms with Gasteiger partial charge in [0.05, 0.1) is 7.11 Å². The Morgan fingerprint density at radius 2 is 1.70 bits per heavy atom. The highest BCUT2D eigenvalue weighted by molar-refractivity contribution is 5.88. The van der Waals surface area contributed by atoms with Gasteiger partial charge in [-0.15, -0.1) is 0 Å². The second-order valence-corrected chi connectivity index (χ2v) is 6.80. The summed E-state index contributed by atoms with van der Waals surface area (Å²) in [7, 11) is 1.36. The highest BCUT2D eigenvalue weighted by atomic mass is 16.5. The van der Waals surface area contributed by atoms with Crippen LogP contribution in [0.5, 0.6) is 0 Å². The third-order valence-corrected chi connectivity index (χ3v) is 4.25. The molecule has 0 aromatic rings. The van der Waals surface area contributed by atoms with Gasteiger partial charge in [-0.25, -0.2) is 4.79 Å². The number of methoxy groups -OCH3 is 1. The lowest BCUT2D eigenvalue weighted by atomic mass is 9.77. The van der Waals surface area contributed by atoms with Gasteiger partial charge in [-0.3, -0.25) is 4.79 Å². The molecule has 116 valence electrons. The second kappa shape index (κ2) is 7.09. The zero-order valence-electron chi connectivity index (χ0n) is 13.5. The van der Waals surface area contributed by atoms with Crippen LogP contribution in [0.4, 0.5) is 0 Å². The number of esters is 1. The van der Waals surface area contributed by atoms with Crippen LogP contribution in [0.15, 0.2) is 0 Å². The van der Waals surface area contributed by atoms with E-state index in [0.29, 0.717) is 5.92 Å². The van der Waals surface area contributed by atoms with Gasteiger partial charge < -0.3 is 10.1 Å². The van der Waals surface area contributed by atoms with Gasteiger partial charge in [0.2, 0.25) is 5.91 Å². The molecular weight excluding hydrogens is 254 g/mol. The van der Waals surface area contributed by atoms with Crippen LogP contribution in [0.1, 0.15) is 59.8 Å². The topological polar surface area (TPSA) is 55.4 Å². The van der Waals surface area contributed by atoms with Crippen molar-refractivity contribution in [3.05, 3.63) is 0 Å². The quantitative estimate of drug-likeness (QED) is 0.763. The lowest BCUT2D eigenvalue weighted by molar-refractivity contribution is -0.148. The van der Waals surface area contributed by atoms with E-state index in [1.165, 1.54) is 7.11 Å². The van der Waals surface area contributed by atoms with E-state index in [-0.39, 0.29) is 23.2 Å². The lowest BCUT2D eigenvalue weighted by Crippen LogP contribution is -2.50. The fourth-order valence-corrected chi connectivity index (χ4v) is 3.28. The number of hydrogen-bond donors (Lipinski definition) is 1. The summed E-state index contributed by atoms with van der Waals surface area (Å²) in [6.45, 7) is 8.14. The third-order valence-electron chi connectivity index (χ3n) is 4.25. The molecule has 0 bridgehead atoms. The van der Waals surface area contributed by atoms with Crippen molar-refractivity contribution in [1.29, 1.82) is 0 Å². The molecule has 1 amide bonds. The first-order chi connectivity index (χ1) is 9.32. The first kappa shape index (κ1) is 17.0. The van der Waals surface area contributed by atoms with E-state index in [9.17, 15) is 9.59 Å². The van der Waals surface area contributed by atoms with Crippen molar-refractivity contribution < 1.29 is 14.3 Å². The van der Waals surface area contributed by atoms with Gasteiger partial charge in [0, 0.05) is 5.41 Å². The SMILES string of the molecule is COC(=O)C(NC(=O)C1(CC(C)C)CCCC1)C(C)C. The Bertz CT molecular complexity index is 344. The van der Waals surface area contributed by atoms with E-state index in [1.807, 2.05) is 13.8 Å². The van der Waals surface area contributed by atoms with E-state index in [2.05, 4.69) is 19.2 Å². The lowest BCUT2D eigenvalue weighted by Gasteiger charge is -2.32. The number of hydrogen-bond acceptors (Lipinski definition) is 3. The first-order valence-electron chi connectivity index (χ1n) is 7.71. The third kappa shape index (κ3) is 3.97. The molecule has 1 atom stereocenters. The van der Waals surface area contributed by atoms with Crippen LogP contribution in [0.3, 0.4) is 0 Å². The molecule has 1 aliphatic carbocycles. The molecule has 1 fully saturated rings. The molecule has 1 aliphatic rings. The number of amides is 1. The summed E-state index contributed by atoms with van der Waals surface area (Å²) in [6, 6.07) is -0.544. The van der Waals surface area contributed by atoms with E-state index in [1.54, 1.807) is 0 Å². The zero-order chi connectivity index (χ0) is 15.3. The summed E-state index contributed by atoms with van der Waals surface area (Å²) < 4.78 is 4.80. The predicted octanol–water partition coefficient (Wildman–Crippen LogP) is 2.91. The monoisotopic (exact) mass is 283 g/mol. The van der Waals surface area contributed by atoms with E-state index < -0.39 is 6.04 Å². The van der Waals surface area contributed by atoms with Gasteiger partial charge in [0.15, 0.2) is 0 Å². The first-order valence-corrected chi connectivity index (χ1v) is 7.71. The molecule has 0 spiro atoms. The maximum absolute atomic E-state index is 12.7. The van der Waals surface area contributed by atoms with Crippen molar-refractivity contribution in [3.8, 4) is 0 Å². The van der Waals surface area contributed by atoms with Crippen molar-refractivity contribution in [1.82, 2.24) is 5.32 Å². The standard InChI is InChI=1S/C16H29NO3/c1-11(2)10-16(8-6-7-9-16)15(19)17-13(12(3)4)14(18)20-5/h11-13H,6-10H2,1-5H3,(H,17,19). The molecule has 4 nitrogen and oxygen atoms in total. The molecule has 1 rings (SSSR count). The molecule has 0 aromatic carbocycles. The molecule has 4 heteroatoms. The maximum atomic E-state index is 12.7. The molecule has 1 unspecified atom stereocenters. The van der Waals surface area contributed by atoms with Gasteiger partial charge in [-0.2, -0.15) is 0 Å². The van der Waals surface area contributed by atoms with E-state index in [0.717, 1.165) is 32.1 Å². The van der Waals surface area contributed by atoms with Crippen LogP contribution < -0.4 is 5.32 Å². The molecule has 0 aromatic heterocycles. The second-order valence-electron chi connectivity index (χ2n) is 6.80. The van der Waals surface area contributed by atoms with E-state index in [4.69, 9.17) is 4.74 Å². The van der Waals surface area contributed by atoms with Crippen LogP contribution in [-0.4, -0.2) is 25.0 Å². The minimum atomic E-state index is -0.544. The summed E-state index contributed by atoms with van der Waals surface area (Å²) in [5.74, 6) is 0.192. The normalized spacial score (nSPS) is 19.1. The molecule has 1 N–H and O–H groups in total. The Morgan fingerprint density at radius 3 is 2.10 bits per heavy atom. The molecule has 0 saturated heterocycles. The van der Waals surface area contributed by atoms with Gasteiger partial charge >= 0.3 is 5.97 Å². The molecule has 20 heavy (non-hydrogen) atoms. The van der Waals surface area contributed by atoms with Crippen molar-refractivity contribution >= 4 is 11.9 Å². The highest BCUT2D eigenvalue weighted by Gasteiger charge is 2.43. The smallest absolute Gasteiger partial charge is 0.328 e. The number of nitrogens with one attached hydrogen (secondary N) is 1. The Balaban J connectivity index is 2.82. The summed E-state index contributed by atoms with van der Waals surface area (Å²) in [5, 5.41) is 2.94. The van der Waals surface area contributed by atoms with Crippen LogP contribution >= 0.6 is 0 Å². The largest absolute Gasteiger partial charge is 0.467 e. The van der Waals surface area contributed by atoms with Crippen molar-refractivity contribution in [3.63, 3.8) is 0 Å². The Hall–Kier alpha value is -1.06. The summed E-state index contributed by atoms with van der Waals surface area (Å²) in [5.41, 5.74) is -0.282. The Kier molecular flexibility index (Phi) is 6.03. The number of carbonyl (C=O) groups is 2. The van der Waals surface area contributed by atoms with Crippen molar-refractivity contribution in [2.45, 2.75) is 65.8 Å². The zero-order valence-corrected chi connectivity index (χ0v) is 13.5. The molecule has 1 saturated carbocycles. The Labute approximate surface area is 122 Å². The minimum Gasteiger partial charge on any atom is -0.467 e. The van der Waals surface area contributed by atoms with Gasteiger partial charge in [-0.1, -0.05) is 40.5 Å². The summed E-state index contributed by atoms with van der Waals surface area (Å²) in [6.07, 6.45) is 4.96. The fraction of sp³-hybridized carbons (Fsp3) is 0.875. The number of rotatable bonds is 6. The van der Waals surface area contributed by atoms with Crippen molar-refractivity contribution in [2.24, 2.45) is 17.3 Å². The highest BCUT2D eigenvalue weighted by Crippen LogP contribution is 2.43. The predicted molar refractivity (Wildman–Crippen MR) is 79.1 cm³/mol. The molecular formula is C16H29NO3. The van der Waals surface area contributed by atoms with Crippen LogP contribution in [0.2, 0.25) is 0 Å². The van der Waals surface area contributed by atoms with Crippen LogP contribution in [0.25, 0.3) is 0 Å². The maximum Gasteiger partial charge on any atom is 0.328 e. The van der Waals surface area contributed by atoms with Gasteiger partial charge in [0.1, 0.15) is 6.04 Å². The van der Waals surface area contributed by atoms with E-state index >= 15 is 0 Å². The van der Waals surface area contributed by atoms with Crippen molar-refractivity contribution in [2.75, 3.05) is 7.11 Å². The van der Waals surface area contributed by atoms with Crippen LogP contribution in [-0.2, 0) is 14.3 Å². The Morgan fingerprint density at radius 1 is 1.15 bits per heavy atom. The molecule has 0 aliphatic heterocycles. The average Bonchev–Trinajstić information content (AvgIpc) is 2.83. The van der Waals surface area contributed by atoms with Crippen LogP contribution in [0, 0.1) is 17.3 Å².